The molecular weight excluding hydrogens is 248 g/mol. The smallest absolute Gasteiger partial charge is 0.427 e. The van der Waals surface area contributed by atoms with Gasteiger partial charge < -0.3 is 9.47 Å². The average Bonchev–Trinajstić information content (AvgIpc) is 2.59. The fraction of sp³-hybridized carbons (Fsp3) is 0.300. The maximum absolute atomic E-state index is 11.3. The van der Waals surface area contributed by atoms with E-state index in [0.29, 0.717) is 5.75 Å². The predicted octanol–water partition coefficient (Wildman–Crippen LogP) is 0.931. The number of ether oxygens (including phenoxy) is 2. The molecule has 0 amide bonds. The van der Waals surface area contributed by atoms with Gasteiger partial charge in [-0.3, -0.25) is 4.18 Å². The molecule has 1 heterocycles. The van der Waals surface area contributed by atoms with Crippen molar-refractivity contribution in [1.82, 2.24) is 0 Å². The molecule has 1 unspecified atom stereocenters. The van der Waals surface area contributed by atoms with E-state index >= 15 is 0 Å². The van der Waals surface area contributed by atoms with Gasteiger partial charge in [-0.15, -0.1) is 0 Å². The first-order chi connectivity index (χ1) is 8.05. The van der Waals surface area contributed by atoms with Crippen molar-refractivity contribution in [2.45, 2.75) is 6.10 Å². The normalized spacial score (nSPS) is 22.0. The van der Waals surface area contributed by atoms with Crippen LogP contribution in [-0.4, -0.2) is 33.0 Å². The summed E-state index contributed by atoms with van der Waals surface area (Å²) in [6.07, 6.45) is -1.75. The highest BCUT2D eigenvalue weighted by Crippen LogP contribution is 2.14. The van der Waals surface area contributed by atoms with Crippen LogP contribution in [0.15, 0.2) is 30.3 Å². The Bertz CT molecular complexity index is 495. The van der Waals surface area contributed by atoms with E-state index in [-0.39, 0.29) is 12.4 Å². The van der Waals surface area contributed by atoms with Gasteiger partial charge in [-0.2, -0.15) is 8.42 Å². The summed E-state index contributed by atoms with van der Waals surface area (Å²) in [6, 6.07) is 8.35. The van der Waals surface area contributed by atoms with Gasteiger partial charge in [-0.1, -0.05) is 18.2 Å². The van der Waals surface area contributed by atoms with Gasteiger partial charge in [0.1, 0.15) is 24.2 Å². The monoisotopic (exact) mass is 258 g/mol. The second kappa shape index (κ2) is 4.72. The standard InChI is InChI=1S/C10H10O6S/c11-10(15-8-4-2-1-3-5-8)16-9-6-14-17(12,13)7-9/h1-5,9H,6-7H2. The Morgan fingerprint density at radius 3 is 2.59 bits per heavy atom. The van der Waals surface area contributed by atoms with Crippen LogP contribution in [0.4, 0.5) is 4.79 Å². The molecule has 0 aromatic heterocycles. The quantitative estimate of drug-likeness (QED) is 0.446. The second-order valence-electron chi connectivity index (χ2n) is 3.41. The van der Waals surface area contributed by atoms with Gasteiger partial charge in [0.15, 0.2) is 0 Å². The van der Waals surface area contributed by atoms with E-state index in [4.69, 9.17) is 9.47 Å². The molecule has 0 saturated carbocycles. The van der Waals surface area contributed by atoms with Gasteiger partial charge in [0.2, 0.25) is 0 Å². The topological polar surface area (TPSA) is 78.9 Å². The van der Waals surface area contributed by atoms with Crippen LogP contribution >= 0.6 is 0 Å². The molecule has 1 aliphatic rings. The highest BCUT2D eigenvalue weighted by molar-refractivity contribution is 7.87. The number of benzene rings is 1. The van der Waals surface area contributed by atoms with Gasteiger partial charge in [-0.25, -0.2) is 4.79 Å². The van der Waals surface area contributed by atoms with Crippen LogP contribution in [-0.2, 0) is 19.0 Å². The first-order valence-electron chi connectivity index (χ1n) is 4.86. The molecule has 1 fully saturated rings. The van der Waals surface area contributed by atoms with E-state index in [1.54, 1.807) is 30.3 Å². The first kappa shape index (κ1) is 11.9. The molecule has 1 aromatic rings. The van der Waals surface area contributed by atoms with E-state index in [1.165, 1.54) is 0 Å². The van der Waals surface area contributed by atoms with Crippen molar-refractivity contribution in [3.63, 3.8) is 0 Å². The largest absolute Gasteiger partial charge is 0.514 e. The molecule has 2 rings (SSSR count). The average molecular weight is 258 g/mol. The van der Waals surface area contributed by atoms with E-state index < -0.39 is 22.4 Å². The number of hydrogen-bond donors (Lipinski definition) is 0. The molecule has 1 saturated heterocycles. The third kappa shape index (κ3) is 3.43. The highest BCUT2D eigenvalue weighted by atomic mass is 32.2. The van der Waals surface area contributed by atoms with E-state index in [2.05, 4.69) is 4.18 Å². The molecule has 0 aliphatic carbocycles. The minimum absolute atomic E-state index is 0.160. The third-order valence-electron chi connectivity index (χ3n) is 2.03. The molecule has 0 bridgehead atoms. The van der Waals surface area contributed by atoms with Crippen molar-refractivity contribution in [2.75, 3.05) is 12.4 Å². The minimum atomic E-state index is -3.55. The molecule has 17 heavy (non-hydrogen) atoms. The summed E-state index contributed by atoms with van der Waals surface area (Å²) in [7, 11) is -3.55. The fourth-order valence-electron chi connectivity index (χ4n) is 1.32. The SMILES string of the molecule is O=C(Oc1ccccc1)OC1COS(=O)(=O)C1. The number of carbonyl (C=O) groups excluding carboxylic acids is 1. The molecular formula is C10H10O6S. The van der Waals surface area contributed by atoms with Crippen molar-refractivity contribution < 1.29 is 26.9 Å². The lowest BCUT2D eigenvalue weighted by atomic mass is 10.3. The molecule has 1 aromatic carbocycles. The van der Waals surface area contributed by atoms with Crippen molar-refractivity contribution >= 4 is 16.3 Å². The number of hydrogen-bond acceptors (Lipinski definition) is 6. The molecule has 0 N–H and O–H groups in total. The summed E-state index contributed by atoms with van der Waals surface area (Å²) < 4.78 is 35.9. The summed E-state index contributed by atoms with van der Waals surface area (Å²) in [5.74, 6) is -0.00376. The maximum atomic E-state index is 11.3. The lowest BCUT2D eigenvalue weighted by molar-refractivity contribution is 0.0573. The van der Waals surface area contributed by atoms with Crippen LogP contribution in [0.3, 0.4) is 0 Å². The fourth-order valence-corrected chi connectivity index (χ4v) is 2.39. The molecule has 7 heteroatoms. The van der Waals surface area contributed by atoms with E-state index in [9.17, 15) is 13.2 Å². The van der Waals surface area contributed by atoms with Crippen LogP contribution in [0.1, 0.15) is 0 Å². The summed E-state index contributed by atoms with van der Waals surface area (Å²) in [6.45, 7) is -0.160. The van der Waals surface area contributed by atoms with Gasteiger partial charge in [-0.05, 0) is 12.1 Å². The second-order valence-corrected chi connectivity index (χ2v) is 5.10. The summed E-state index contributed by atoms with van der Waals surface area (Å²) >= 11 is 0. The van der Waals surface area contributed by atoms with Gasteiger partial charge >= 0.3 is 6.16 Å². The molecule has 6 nitrogen and oxygen atoms in total. The van der Waals surface area contributed by atoms with E-state index in [0.717, 1.165) is 0 Å². The lowest BCUT2D eigenvalue weighted by Crippen LogP contribution is -2.23. The predicted molar refractivity (Wildman–Crippen MR) is 57.1 cm³/mol. The van der Waals surface area contributed by atoms with Crippen LogP contribution in [0, 0.1) is 0 Å². The number of rotatable bonds is 2. The van der Waals surface area contributed by atoms with Gasteiger partial charge in [0.25, 0.3) is 10.1 Å². The van der Waals surface area contributed by atoms with Crippen molar-refractivity contribution in [3.05, 3.63) is 30.3 Å². The zero-order valence-corrected chi connectivity index (χ0v) is 9.55. The minimum Gasteiger partial charge on any atom is -0.427 e. The lowest BCUT2D eigenvalue weighted by Gasteiger charge is -2.08. The molecule has 1 atom stereocenters. The summed E-state index contributed by atoms with van der Waals surface area (Å²) in [4.78, 5) is 11.3. The first-order valence-corrected chi connectivity index (χ1v) is 6.43. The summed E-state index contributed by atoms with van der Waals surface area (Å²) in [5.41, 5.74) is 0. The third-order valence-corrected chi connectivity index (χ3v) is 3.31. The molecule has 0 radical (unpaired) electrons. The zero-order chi connectivity index (χ0) is 12.3. The van der Waals surface area contributed by atoms with Crippen LogP contribution < -0.4 is 4.74 Å². The Morgan fingerprint density at radius 1 is 1.29 bits per heavy atom. The Labute approximate surface area is 98.2 Å². The maximum Gasteiger partial charge on any atom is 0.514 e. The van der Waals surface area contributed by atoms with Crippen molar-refractivity contribution in [2.24, 2.45) is 0 Å². The Kier molecular flexibility index (Phi) is 3.30. The molecule has 92 valence electrons. The van der Waals surface area contributed by atoms with Crippen LogP contribution in [0.5, 0.6) is 5.75 Å². The molecule has 1 aliphatic heterocycles. The Hall–Kier alpha value is -1.60. The van der Waals surface area contributed by atoms with E-state index in [1.807, 2.05) is 0 Å². The Morgan fingerprint density at radius 2 is 2.00 bits per heavy atom. The summed E-state index contributed by atoms with van der Waals surface area (Å²) in [5, 5.41) is 0. The zero-order valence-electron chi connectivity index (χ0n) is 8.74. The van der Waals surface area contributed by atoms with Gasteiger partial charge in [0.05, 0.1) is 0 Å². The Balaban J connectivity index is 1.87. The van der Waals surface area contributed by atoms with Crippen molar-refractivity contribution in [3.8, 4) is 5.75 Å². The number of para-hydroxylation sites is 1. The van der Waals surface area contributed by atoms with Crippen molar-refractivity contribution in [1.29, 1.82) is 0 Å². The van der Waals surface area contributed by atoms with Crippen LogP contribution in [0.25, 0.3) is 0 Å². The van der Waals surface area contributed by atoms with Gasteiger partial charge in [0, 0.05) is 0 Å². The highest BCUT2D eigenvalue weighted by Gasteiger charge is 2.32. The number of carbonyl (C=O) groups is 1. The molecule has 0 spiro atoms. The van der Waals surface area contributed by atoms with Crippen LogP contribution in [0.2, 0.25) is 0 Å².